The van der Waals surface area contributed by atoms with Gasteiger partial charge in [0.15, 0.2) is 0 Å². The molecule has 0 amide bonds. The second-order valence-corrected chi connectivity index (χ2v) is 4.23. The Morgan fingerprint density at radius 3 is 1.11 bits per heavy atom. The van der Waals surface area contributed by atoms with Crippen LogP contribution >= 0.6 is 0 Å². The van der Waals surface area contributed by atoms with Crippen LogP contribution in [-0.2, 0) is 0 Å². The molecule has 0 rings (SSSR count). The highest BCUT2D eigenvalue weighted by Gasteiger charge is 1.98. The summed E-state index contributed by atoms with van der Waals surface area (Å²) < 4.78 is 0. The number of hydrogen-bond donors (Lipinski definition) is 2. The molecule has 0 aromatic rings. The molecule has 0 aromatic heterocycles. The molecular formula is C13H39N5. The van der Waals surface area contributed by atoms with Gasteiger partial charge in [-0.1, -0.05) is 21.3 Å². The summed E-state index contributed by atoms with van der Waals surface area (Å²) >= 11 is 0. The molecule has 0 saturated heterocycles. The third-order valence-corrected chi connectivity index (χ3v) is 1.46. The third-order valence-electron chi connectivity index (χ3n) is 1.46. The normalized spacial score (nSPS) is 9.33. The first-order chi connectivity index (χ1) is 7.93. The van der Waals surface area contributed by atoms with Crippen molar-refractivity contribution in [1.82, 2.24) is 14.7 Å². The van der Waals surface area contributed by atoms with Gasteiger partial charge in [-0.15, -0.1) is 0 Å². The van der Waals surface area contributed by atoms with E-state index in [0.717, 1.165) is 32.8 Å². The van der Waals surface area contributed by atoms with Crippen LogP contribution in [0.3, 0.4) is 0 Å². The van der Waals surface area contributed by atoms with Gasteiger partial charge in [-0.25, -0.2) is 0 Å². The van der Waals surface area contributed by atoms with Crippen molar-refractivity contribution in [2.24, 2.45) is 11.5 Å². The summed E-state index contributed by atoms with van der Waals surface area (Å²) in [4.78, 5) is 6.56. The van der Waals surface area contributed by atoms with Gasteiger partial charge in [-0.2, -0.15) is 0 Å². The lowest BCUT2D eigenvalue weighted by atomic mass is 10.4. The van der Waals surface area contributed by atoms with E-state index in [9.17, 15) is 0 Å². The highest BCUT2D eigenvalue weighted by molar-refractivity contribution is 4.45. The Kier molecular flexibility index (Phi) is 32.3. The van der Waals surface area contributed by atoms with Gasteiger partial charge in [-0.05, 0) is 54.7 Å². The van der Waals surface area contributed by atoms with Crippen molar-refractivity contribution < 1.29 is 0 Å². The summed E-state index contributed by atoms with van der Waals surface area (Å²) in [6.07, 6.45) is 0.944. The molecule has 0 heterocycles. The molecule has 0 aliphatic carbocycles. The van der Waals surface area contributed by atoms with E-state index < -0.39 is 0 Å². The minimum Gasteiger partial charge on any atom is -0.330 e. The number of rotatable bonds is 6. The van der Waals surface area contributed by atoms with Gasteiger partial charge in [0, 0.05) is 0 Å². The molecule has 0 bridgehead atoms. The van der Waals surface area contributed by atoms with Crippen LogP contribution in [0.15, 0.2) is 0 Å². The molecule has 116 valence electrons. The highest BCUT2D eigenvalue weighted by atomic mass is 15.3. The number of hydrogen-bond acceptors (Lipinski definition) is 5. The summed E-state index contributed by atoms with van der Waals surface area (Å²) in [6.45, 7) is 7.46. The van der Waals surface area contributed by atoms with E-state index in [4.69, 9.17) is 11.5 Å². The van der Waals surface area contributed by atoms with Crippen LogP contribution in [-0.4, -0.2) is 76.4 Å². The van der Waals surface area contributed by atoms with E-state index in [1.807, 2.05) is 13.8 Å². The Bertz CT molecular complexity index is 106. The average Bonchev–Trinajstić information content (AvgIpc) is 2.20. The minimum absolute atomic E-state index is 0. The quantitative estimate of drug-likeness (QED) is 0.699. The highest BCUT2D eigenvalue weighted by Crippen LogP contribution is 1.85. The lowest BCUT2D eigenvalue weighted by molar-refractivity contribution is 0.147. The predicted molar refractivity (Wildman–Crippen MR) is 85.7 cm³/mol. The van der Waals surface area contributed by atoms with Gasteiger partial charge in [0.1, 0.15) is 0 Å². The van der Waals surface area contributed by atoms with Crippen molar-refractivity contribution >= 4 is 0 Å². The second-order valence-electron chi connectivity index (χ2n) is 4.23. The molecule has 5 nitrogen and oxygen atoms in total. The van der Waals surface area contributed by atoms with E-state index >= 15 is 0 Å². The fraction of sp³-hybridized carbons (Fsp3) is 1.00. The van der Waals surface area contributed by atoms with Gasteiger partial charge in [0.2, 0.25) is 0 Å². The van der Waals surface area contributed by atoms with Crippen molar-refractivity contribution in [2.45, 2.75) is 27.7 Å². The van der Waals surface area contributed by atoms with E-state index in [1.54, 1.807) is 0 Å². The second kappa shape index (κ2) is 22.0. The molecule has 18 heavy (non-hydrogen) atoms. The zero-order valence-electron chi connectivity index (χ0n) is 13.0. The number of nitrogens with zero attached hydrogens (tertiary/aromatic N) is 3. The Hall–Kier alpha value is -0.200. The van der Waals surface area contributed by atoms with E-state index in [-0.39, 0.29) is 7.43 Å². The molecule has 0 saturated carbocycles. The van der Waals surface area contributed by atoms with Gasteiger partial charge >= 0.3 is 0 Å². The lowest BCUT2D eigenvalue weighted by Crippen LogP contribution is -2.36. The van der Waals surface area contributed by atoms with Crippen LogP contribution in [0.4, 0.5) is 0 Å². The van der Waals surface area contributed by atoms with Crippen LogP contribution in [0.5, 0.6) is 0 Å². The maximum Gasteiger partial charge on any atom is 0.0509 e. The zero-order valence-corrected chi connectivity index (χ0v) is 13.0. The first kappa shape index (κ1) is 26.4. The summed E-state index contributed by atoms with van der Waals surface area (Å²) in [5, 5.41) is 0. The van der Waals surface area contributed by atoms with Crippen LogP contribution in [0.2, 0.25) is 0 Å². The predicted octanol–water partition coefficient (Wildman–Crippen LogP) is 0.913. The Morgan fingerprint density at radius 1 is 0.722 bits per heavy atom. The fourth-order valence-corrected chi connectivity index (χ4v) is 1.13. The largest absolute Gasteiger partial charge is 0.330 e. The molecule has 0 aromatic carbocycles. The first-order valence-electron chi connectivity index (χ1n) is 6.32. The van der Waals surface area contributed by atoms with E-state index in [2.05, 4.69) is 49.9 Å². The summed E-state index contributed by atoms with van der Waals surface area (Å²) in [5.41, 5.74) is 10.1. The van der Waals surface area contributed by atoms with Crippen LogP contribution < -0.4 is 11.5 Å². The summed E-state index contributed by atoms with van der Waals surface area (Å²) in [5.74, 6) is 0. The van der Waals surface area contributed by atoms with Gasteiger partial charge in [0.25, 0.3) is 0 Å². The fourth-order valence-electron chi connectivity index (χ4n) is 1.13. The molecule has 0 atom stereocenters. The topological polar surface area (TPSA) is 61.8 Å². The molecule has 4 N–H and O–H groups in total. The Labute approximate surface area is 116 Å². The molecule has 5 heteroatoms. The van der Waals surface area contributed by atoms with E-state index in [0.29, 0.717) is 0 Å². The molecule has 0 aliphatic heterocycles. The van der Waals surface area contributed by atoms with Gasteiger partial charge in [0.05, 0.1) is 13.3 Å². The van der Waals surface area contributed by atoms with Crippen LogP contribution in [0.1, 0.15) is 27.7 Å². The van der Waals surface area contributed by atoms with Gasteiger partial charge in [-0.3, -0.25) is 14.7 Å². The monoisotopic (exact) mass is 265 g/mol. The van der Waals surface area contributed by atoms with Crippen LogP contribution in [0.25, 0.3) is 0 Å². The summed E-state index contributed by atoms with van der Waals surface area (Å²) in [7, 11) is 10.4. The Morgan fingerprint density at radius 2 is 1.00 bits per heavy atom. The summed E-state index contributed by atoms with van der Waals surface area (Å²) in [6, 6.07) is 0. The Balaban J connectivity index is -0.000000105. The van der Waals surface area contributed by atoms with E-state index in [1.165, 1.54) is 0 Å². The smallest absolute Gasteiger partial charge is 0.0509 e. The molecule has 0 unspecified atom stereocenters. The lowest BCUT2D eigenvalue weighted by Gasteiger charge is -2.24. The van der Waals surface area contributed by atoms with Crippen molar-refractivity contribution in [1.29, 1.82) is 0 Å². The van der Waals surface area contributed by atoms with Crippen molar-refractivity contribution in [3.63, 3.8) is 0 Å². The van der Waals surface area contributed by atoms with Crippen molar-refractivity contribution in [3.8, 4) is 0 Å². The molecule has 0 spiro atoms. The van der Waals surface area contributed by atoms with Crippen LogP contribution in [0, 0.1) is 0 Å². The zero-order chi connectivity index (χ0) is 14.3. The standard InChI is InChI=1S/C7H19N3.C3H10N2.C2H6.CH4/c1-8(2)6-10(5)7-9(3)4;4-2-1-3-5;1-2;/h6-7H2,1-5H3;1-5H2;1-2H3;1H4. The molecular weight excluding hydrogens is 226 g/mol. The van der Waals surface area contributed by atoms with Gasteiger partial charge < -0.3 is 11.5 Å². The average molecular weight is 265 g/mol. The number of nitrogens with two attached hydrogens (primary N) is 2. The molecule has 0 radical (unpaired) electrons. The molecule has 0 aliphatic rings. The van der Waals surface area contributed by atoms with Crippen molar-refractivity contribution in [2.75, 3.05) is 61.7 Å². The SMILES string of the molecule is C.CC.CN(C)CN(C)CN(C)C.NCCCN. The maximum absolute atomic E-state index is 5.06. The third kappa shape index (κ3) is 36.0. The minimum atomic E-state index is 0. The maximum atomic E-state index is 5.06. The van der Waals surface area contributed by atoms with Crippen molar-refractivity contribution in [3.05, 3.63) is 0 Å². The first-order valence-corrected chi connectivity index (χ1v) is 6.32. The molecule has 0 fully saturated rings.